The first-order chi connectivity index (χ1) is 8.31. The zero-order valence-corrected chi connectivity index (χ0v) is 10.4. The first-order valence-electron chi connectivity index (χ1n) is 5.57. The fourth-order valence-corrected chi connectivity index (χ4v) is 2.25. The molecule has 0 saturated heterocycles. The summed E-state index contributed by atoms with van der Waals surface area (Å²) in [6, 6.07) is 2.98. The lowest BCUT2D eigenvalue weighted by Crippen LogP contribution is -2.13. The van der Waals surface area contributed by atoms with E-state index in [-0.39, 0.29) is 5.82 Å². The Balaban J connectivity index is 2.10. The van der Waals surface area contributed by atoms with Crippen LogP contribution in [0.1, 0.15) is 19.0 Å². The van der Waals surface area contributed by atoms with Crippen molar-refractivity contribution in [2.24, 2.45) is 0 Å². The van der Waals surface area contributed by atoms with Crippen molar-refractivity contribution in [3.63, 3.8) is 0 Å². The molecule has 2 aromatic heterocycles. The molecule has 5 heteroatoms. The van der Waals surface area contributed by atoms with Crippen molar-refractivity contribution in [2.75, 3.05) is 6.54 Å². The second-order valence-electron chi connectivity index (χ2n) is 3.65. The molecule has 0 spiro atoms. The molecule has 0 saturated carbocycles. The van der Waals surface area contributed by atoms with Gasteiger partial charge in [-0.2, -0.15) is 0 Å². The summed E-state index contributed by atoms with van der Waals surface area (Å²) < 4.78 is 13.5. The Kier molecular flexibility index (Phi) is 4.17. The molecule has 90 valence electrons. The molecule has 0 radical (unpaired) electrons. The Hall–Kier alpha value is -1.33. The van der Waals surface area contributed by atoms with E-state index in [9.17, 15) is 4.39 Å². The number of nitrogens with one attached hydrogen (secondary N) is 1. The van der Waals surface area contributed by atoms with Crippen molar-refractivity contribution in [1.82, 2.24) is 15.3 Å². The quantitative estimate of drug-likeness (QED) is 0.830. The topological polar surface area (TPSA) is 37.8 Å². The van der Waals surface area contributed by atoms with Gasteiger partial charge in [-0.3, -0.25) is 4.98 Å². The van der Waals surface area contributed by atoms with Crippen LogP contribution in [0.4, 0.5) is 4.39 Å². The van der Waals surface area contributed by atoms with Crippen LogP contribution in [0.15, 0.2) is 23.7 Å². The van der Waals surface area contributed by atoms with Crippen molar-refractivity contribution < 1.29 is 4.39 Å². The van der Waals surface area contributed by atoms with Crippen LogP contribution in [-0.4, -0.2) is 16.5 Å². The third kappa shape index (κ3) is 3.08. The molecule has 0 bridgehead atoms. The molecule has 2 aromatic rings. The van der Waals surface area contributed by atoms with Crippen LogP contribution in [-0.2, 0) is 6.54 Å². The Morgan fingerprint density at radius 1 is 1.47 bits per heavy atom. The summed E-state index contributed by atoms with van der Waals surface area (Å²) in [5.74, 6) is -0.324. The maximum Gasteiger partial charge on any atom is 0.151 e. The molecule has 0 atom stereocenters. The third-order valence-corrected chi connectivity index (χ3v) is 3.14. The average Bonchev–Trinajstić information content (AvgIpc) is 2.79. The number of hydrogen-bond donors (Lipinski definition) is 1. The predicted molar refractivity (Wildman–Crippen MR) is 67.3 cm³/mol. The number of rotatable bonds is 5. The lowest BCUT2D eigenvalue weighted by Gasteiger charge is -1.98. The van der Waals surface area contributed by atoms with Gasteiger partial charge in [0.2, 0.25) is 0 Å². The van der Waals surface area contributed by atoms with E-state index >= 15 is 0 Å². The van der Waals surface area contributed by atoms with Gasteiger partial charge in [0.15, 0.2) is 5.82 Å². The highest BCUT2D eigenvalue weighted by Crippen LogP contribution is 2.23. The summed E-state index contributed by atoms with van der Waals surface area (Å²) in [6.45, 7) is 3.80. The van der Waals surface area contributed by atoms with E-state index in [0.717, 1.165) is 25.2 Å². The molecule has 0 amide bonds. The predicted octanol–water partition coefficient (Wildman–Crippen LogP) is 2.84. The number of halogens is 1. The summed E-state index contributed by atoms with van der Waals surface area (Å²) >= 11 is 1.42. The maximum atomic E-state index is 13.5. The molecular formula is C12H14FN3S. The molecule has 0 fully saturated rings. The average molecular weight is 251 g/mol. The lowest BCUT2D eigenvalue weighted by molar-refractivity contribution is 0.625. The van der Waals surface area contributed by atoms with E-state index in [1.165, 1.54) is 17.4 Å². The van der Waals surface area contributed by atoms with Crippen LogP contribution in [0.3, 0.4) is 0 Å². The molecule has 0 aromatic carbocycles. The molecule has 0 aliphatic heterocycles. The SMILES string of the molecule is CCCNCc1csc(-c2ncccc2F)n1. The Morgan fingerprint density at radius 3 is 3.12 bits per heavy atom. The van der Waals surface area contributed by atoms with Crippen LogP contribution in [0.2, 0.25) is 0 Å². The molecule has 1 N–H and O–H groups in total. The molecule has 0 unspecified atom stereocenters. The van der Waals surface area contributed by atoms with Gasteiger partial charge in [0.25, 0.3) is 0 Å². The summed E-state index contributed by atoms with van der Waals surface area (Å²) in [4.78, 5) is 8.38. The smallest absolute Gasteiger partial charge is 0.151 e. The van der Waals surface area contributed by atoms with Crippen molar-refractivity contribution in [3.8, 4) is 10.7 Å². The number of hydrogen-bond acceptors (Lipinski definition) is 4. The van der Waals surface area contributed by atoms with E-state index in [1.54, 1.807) is 12.3 Å². The van der Waals surface area contributed by atoms with Gasteiger partial charge < -0.3 is 5.32 Å². The molecule has 3 nitrogen and oxygen atoms in total. The summed E-state index contributed by atoms with van der Waals surface area (Å²) in [7, 11) is 0. The van der Waals surface area contributed by atoms with E-state index in [4.69, 9.17) is 0 Å². The van der Waals surface area contributed by atoms with E-state index in [1.807, 2.05) is 5.38 Å². The standard InChI is InChI=1S/C12H14FN3S/c1-2-5-14-7-9-8-17-12(16-9)11-10(13)4-3-6-15-11/h3-4,6,8,14H,2,5,7H2,1H3. The monoisotopic (exact) mass is 251 g/mol. The van der Waals surface area contributed by atoms with E-state index in [0.29, 0.717) is 10.7 Å². The van der Waals surface area contributed by atoms with Crippen LogP contribution in [0.25, 0.3) is 10.7 Å². The summed E-state index contributed by atoms with van der Waals surface area (Å²) in [6.07, 6.45) is 2.67. The van der Waals surface area contributed by atoms with Crippen molar-refractivity contribution in [1.29, 1.82) is 0 Å². The zero-order chi connectivity index (χ0) is 12.1. The highest BCUT2D eigenvalue weighted by molar-refractivity contribution is 7.13. The van der Waals surface area contributed by atoms with Crippen molar-refractivity contribution in [3.05, 3.63) is 35.2 Å². The molecule has 2 rings (SSSR count). The second kappa shape index (κ2) is 5.84. The fraction of sp³-hybridized carbons (Fsp3) is 0.333. The van der Waals surface area contributed by atoms with Gasteiger partial charge >= 0.3 is 0 Å². The van der Waals surface area contributed by atoms with Gasteiger partial charge in [-0.25, -0.2) is 9.37 Å². The van der Waals surface area contributed by atoms with Gasteiger partial charge in [0, 0.05) is 18.1 Å². The molecule has 2 heterocycles. The minimum absolute atomic E-state index is 0.324. The number of nitrogens with zero attached hydrogens (tertiary/aromatic N) is 2. The Bertz CT molecular complexity index is 484. The van der Waals surface area contributed by atoms with E-state index < -0.39 is 0 Å². The minimum atomic E-state index is -0.324. The second-order valence-corrected chi connectivity index (χ2v) is 4.51. The zero-order valence-electron chi connectivity index (χ0n) is 9.61. The van der Waals surface area contributed by atoms with Crippen molar-refractivity contribution >= 4 is 11.3 Å². The van der Waals surface area contributed by atoms with Crippen molar-refractivity contribution in [2.45, 2.75) is 19.9 Å². The summed E-state index contributed by atoms with van der Waals surface area (Å²) in [5.41, 5.74) is 1.27. The van der Waals surface area contributed by atoms with Crippen LogP contribution >= 0.6 is 11.3 Å². The summed E-state index contributed by atoms with van der Waals surface area (Å²) in [5, 5.41) is 5.83. The maximum absolute atomic E-state index is 13.5. The Labute approximate surface area is 104 Å². The molecular weight excluding hydrogens is 237 g/mol. The normalized spacial score (nSPS) is 10.7. The van der Waals surface area contributed by atoms with Crippen LogP contribution < -0.4 is 5.32 Å². The number of pyridine rings is 1. The largest absolute Gasteiger partial charge is 0.311 e. The molecule has 0 aliphatic carbocycles. The third-order valence-electron chi connectivity index (χ3n) is 2.25. The fourth-order valence-electron chi connectivity index (χ4n) is 1.43. The van der Waals surface area contributed by atoms with Crippen LogP contribution in [0, 0.1) is 5.82 Å². The number of thiazole rings is 1. The molecule has 17 heavy (non-hydrogen) atoms. The Morgan fingerprint density at radius 2 is 2.35 bits per heavy atom. The minimum Gasteiger partial charge on any atom is -0.311 e. The highest BCUT2D eigenvalue weighted by atomic mass is 32.1. The first-order valence-corrected chi connectivity index (χ1v) is 6.45. The highest BCUT2D eigenvalue weighted by Gasteiger charge is 2.10. The van der Waals surface area contributed by atoms with Crippen LogP contribution in [0.5, 0.6) is 0 Å². The van der Waals surface area contributed by atoms with E-state index in [2.05, 4.69) is 22.2 Å². The van der Waals surface area contributed by atoms with Gasteiger partial charge in [0.05, 0.1) is 5.69 Å². The first kappa shape index (κ1) is 12.1. The lowest BCUT2D eigenvalue weighted by atomic mass is 10.3. The van der Waals surface area contributed by atoms with Gasteiger partial charge in [0.1, 0.15) is 10.7 Å². The van der Waals surface area contributed by atoms with Gasteiger partial charge in [-0.05, 0) is 25.1 Å². The van der Waals surface area contributed by atoms with Gasteiger partial charge in [-0.1, -0.05) is 6.92 Å². The number of aromatic nitrogens is 2. The van der Waals surface area contributed by atoms with Gasteiger partial charge in [-0.15, -0.1) is 11.3 Å². The molecule has 0 aliphatic rings.